The van der Waals surface area contributed by atoms with E-state index in [0.717, 1.165) is 38.3 Å². The molecule has 2 aliphatic carbocycles. The molecule has 0 unspecified atom stereocenters. The molecule has 0 spiro atoms. The largest absolute Gasteiger partial charge is 0.356 e. The number of hydrogen-bond acceptors (Lipinski definition) is 2. The van der Waals surface area contributed by atoms with E-state index in [1.54, 1.807) is 0 Å². The van der Waals surface area contributed by atoms with Crippen LogP contribution in [0.2, 0.25) is 0 Å². The van der Waals surface area contributed by atoms with E-state index in [0.29, 0.717) is 0 Å². The predicted molar refractivity (Wildman–Crippen MR) is 83.0 cm³/mol. The molecule has 4 heteroatoms. The molecule has 0 radical (unpaired) electrons. The molecule has 1 heterocycles. The van der Waals surface area contributed by atoms with Crippen molar-refractivity contribution >= 4 is 5.91 Å². The summed E-state index contributed by atoms with van der Waals surface area (Å²) in [6.07, 6.45) is 11.2. The van der Waals surface area contributed by atoms with Gasteiger partial charge in [-0.2, -0.15) is 5.10 Å². The van der Waals surface area contributed by atoms with Crippen molar-refractivity contribution in [2.75, 3.05) is 6.54 Å². The Morgan fingerprint density at radius 1 is 1.38 bits per heavy atom. The van der Waals surface area contributed by atoms with Gasteiger partial charge in [-0.25, -0.2) is 0 Å². The van der Waals surface area contributed by atoms with Crippen molar-refractivity contribution in [1.29, 1.82) is 0 Å². The van der Waals surface area contributed by atoms with Gasteiger partial charge in [-0.15, -0.1) is 0 Å². The molecule has 2 fully saturated rings. The van der Waals surface area contributed by atoms with E-state index >= 15 is 0 Å². The summed E-state index contributed by atoms with van der Waals surface area (Å²) in [5.74, 6) is 0.994. The predicted octanol–water partition coefficient (Wildman–Crippen LogP) is 3.24. The number of amides is 1. The van der Waals surface area contributed by atoms with Gasteiger partial charge in [0, 0.05) is 36.3 Å². The van der Waals surface area contributed by atoms with E-state index in [2.05, 4.69) is 28.1 Å². The minimum Gasteiger partial charge on any atom is -0.356 e. The summed E-state index contributed by atoms with van der Waals surface area (Å²) in [6.45, 7) is 3.80. The second-order valence-electron chi connectivity index (χ2n) is 6.98. The number of carbonyl (C=O) groups is 1. The summed E-state index contributed by atoms with van der Waals surface area (Å²) in [7, 11) is 0. The fraction of sp³-hybridized carbons (Fsp3) is 0.765. The van der Waals surface area contributed by atoms with Crippen LogP contribution in [-0.2, 0) is 11.3 Å². The van der Waals surface area contributed by atoms with Crippen LogP contribution >= 0.6 is 0 Å². The van der Waals surface area contributed by atoms with Crippen LogP contribution in [0.3, 0.4) is 0 Å². The molecule has 116 valence electrons. The van der Waals surface area contributed by atoms with Crippen LogP contribution in [-0.4, -0.2) is 22.2 Å². The summed E-state index contributed by atoms with van der Waals surface area (Å²) in [5, 5.41) is 7.54. The number of rotatable bonds is 6. The van der Waals surface area contributed by atoms with Crippen LogP contribution in [0.1, 0.15) is 69.9 Å². The van der Waals surface area contributed by atoms with E-state index in [9.17, 15) is 4.79 Å². The smallest absolute Gasteiger partial charge is 0.225 e. The first kappa shape index (κ1) is 14.6. The highest BCUT2D eigenvalue weighted by Gasteiger charge is 2.34. The molecule has 0 aliphatic heterocycles. The monoisotopic (exact) mass is 289 g/mol. The lowest BCUT2D eigenvalue weighted by Crippen LogP contribution is -2.40. The van der Waals surface area contributed by atoms with Gasteiger partial charge in [0.15, 0.2) is 0 Å². The van der Waals surface area contributed by atoms with Gasteiger partial charge in [0.2, 0.25) is 5.91 Å². The Bertz CT molecular complexity index is 484. The molecule has 1 amide bonds. The summed E-state index contributed by atoms with van der Waals surface area (Å²) >= 11 is 0. The van der Waals surface area contributed by atoms with Crippen molar-refractivity contribution < 1.29 is 4.79 Å². The van der Waals surface area contributed by atoms with E-state index in [1.807, 2.05) is 6.20 Å². The van der Waals surface area contributed by atoms with Crippen LogP contribution < -0.4 is 5.32 Å². The fourth-order valence-corrected chi connectivity index (χ4v) is 3.46. The minimum absolute atomic E-state index is 0.122. The molecule has 2 aliphatic rings. The lowest BCUT2D eigenvalue weighted by Gasteiger charge is -2.32. The molecule has 0 saturated heterocycles. The standard InChI is InChI=1S/C17H27N3O/c1-17(9-3-2-4-10-17)16(21)18-11-5-13-20-15(8-12-19-20)14-6-7-14/h8,12,14H,2-7,9-11,13H2,1H3,(H,18,21). The van der Waals surface area contributed by atoms with Gasteiger partial charge in [-0.1, -0.05) is 26.2 Å². The SMILES string of the molecule is CC1(C(=O)NCCCn2nccc2C2CC2)CCCCC1. The maximum atomic E-state index is 12.3. The molecule has 0 bridgehead atoms. The minimum atomic E-state index is -0.122. The van der Waals surface area contributed by atoms with Crippen LogP contribution in [0.15, 0.2) is 12.3 Å². The molecule has 1 aromatic rings. The normalized spacial score (nSPS) is 21.2. The summed E-state index contributed by atoms with van der Waals surface area (Å²) < 4.78 is 2.12. The summed E-state index contributed by atoms with van der Waals surface area (Å²) in [6, 6.07) is 2.14. The molecular weight excluding hydrogens is 262 g/mol. The average Bonchev–Trinajstić information content (AvgIpc) is 3.23. The Labute approximate surface area is 127 Å². The van der Waals surface area contributed by atoms with Crippen molar-refractivity contribution in [3.63, 3.8) is 0 Å². The van der Waals surface area contributed by atoms with Crippen molar-refractivity contribution in [2.24, 2.45) is 5.41 Å². The number of aryl methyl sites for hydroxylation is 1. The number of carbonyl (C=O) groups excluding carboxylic acids is 1. The number of aromatic nitrogens is 2. The van der Waals surface area contributed by atoms with Gasteiger partial charge < -0.3 is 5.32 Å². The Morgan fingerprint density at radius 3 is 2.86 bits per heavy atom. The molecule has 0 aromatic carbocycles. The molecule has 3 rings (SSSR count). The van der Waals surface area contributed by atoms with Crippen LogP contribution in [0, 0.1) is 5.41 Å². The van der Waals surface area contributed by atoms with Crippen molar-refractivity contribution in [2.45, 2.75) is 70.8 Å². The maximum Gasteiger partial charge on any atom is 0.225 e. The first-order valence-electron chi connectivity index (χ1n) is 8.49. The molecule has 4 nitrogen and oxygen atoms in total. The summed E-state index contributed by atoms with van der Waals surface area (Å²) in [4.78, 5) is 12.3. The Balaban J connectivity index is 1.41. The number of nitrogens with zero attached hydrogens (tertiary/aromatic N) is 2. The van der Waals surface area contributed by atoms with Gasteiger partial charge in [0.1, 0.15) is 0 Å². The van der Waals surface area contributed by atoms with Crippen LogP contribution in [0.5, 0.6) is 0 Å². The van der Waals surface area contributed by atoms with E-state index in [-0.39, 0.29) is 11.3 Å². The first-order chi connectivity index (χ1) is 10.2. The zero-order chi connectivity index (χ0) is 14.7. The van der Waals surface area contributed by atoms with Crippen molar-refractivity contribution in [3.8, 4) is 0 Å². The number of hydrogen-bond donors (Lipinski definition) is 1. The van der Waals surface area contributed by atoms with Crippen LogP contribution in [0.25, 0.3) is 0 Å². The fourth-order valence-electron chi connectivity index (χ4n) is 3.46. The third-order valence-electron chi connectivity index (χ3n) is 5.08. The maximum absolute atomic E-state index is 12.3. The molecule has 2 saturated carbocycles. The highest BCUT2D eigenvalue weighted by Crippen LogP contribution is 2.39. The van der Waals surface area contributed by atoms with E-state index in [1.165, 1.54) is 37.8 Å². The van der Waals surface area contributed by atoms with Gasteiger partial charge >= 0.3 is 0 Å². The van der Waals surface area contributed by atoms with Gasteiger partial charge in [-0.3, -0.25) is 9.48 Å². The lowest BCUT2D eigenvalue weighted by molar-refractivity contribution is -0.131. The molecular formula is C17H27N3O. The van der Waals surface area contributed by atoms with Gasteiger partial charge in [-0.05, 0) is 38.2 Å². The molecule has 1 aromatic heterocycles. The Hall–Kier alpha value is -1.32. The topological polar surface area (TPSA) is 46.9 Å². The highest BCUT2D eigenvalue weighted by molar-refractivity contribution is 5.82. The second kappa shape index (κ2) is 6.20. The van der Waals surface area contributed by atoms with E-state index in [4.69, 9.17) is 0 Å². The quantitative estimate of drug-likeness (QED) is 0.817. The lowest BCUT2D eigenvalue weighted by atomic mass is 9.75. The van der Waals surface area contributed by atoms with E-state index < -0.39 is 0 Å². The van der Waals surface area contributed by atoms with Crippen molar-refractivity contribution in [3.05, 3.63) is 18.0 Å². The first-order valence-corrected chi connectivity index (χ1v) is 8.49. The average molecular weight is 289 g/mol. The highest BCUT2D eigenvalue weighted by atomic mass is 16.2. The Kier molecular flexibility index (Phi) is 4.32. The third kappa shape index (κ3) is 3.47. The van der Waals surface area contributed by atoms with Crippen molar-refractivity contribution in [1.82, 2.24) is 15.1 Å². The third-order valence-corrected chi connectivity index (χ3v) is 5.08. The zero-order valence-electron chi connectivity index (χ0n) is 13.1. The second-order valence-corrected chi connectivity index (χ2v) is 6.98. The zero-order valence-corrected chi connectivity index (χ0v) is 13.1. The van der Waals surface area contributed by atoms with Crippen LogP contribution in [0.4, 0.5) is 0 Å². The molecule has 0 atom stereocenters. The number of nitrogens with one attached hydrogen (secondary N) is 1. The van der Waals surface area contributed by atoms with Gasteiger partial charge in [0.25, 0.3) is 0 Å². The molecule has 1 N–H and O–H groups in total. The Morgan fingerprint density at radius 2 is 2.14 bits per heavy atom. The molecule has 21 heavy (non-hydrogen) atoms. The van der Waals surface area contributed by atoms with Gasteiger partial charge in [0.05, 0.1) is 0 Å². The summed E-state index contributed by atoms with van der Waals surface area (Å²) in [5.41, 5.74) is 1.25.